The summed E-state index contributed by atoms with van der Waals surface area (Å²) in [4.78, 5) is 12.2. The number of aryl methyl sites for hydroxylation is 2. The SMILES string of the molecule is Cc1ccc(CC(=O)NC2CCCCC2C)c(C)c1. The molecule has 0 radical (unpaired) electrons. The van der Waals surface area contributed by atoms with Gasteiger partial charge in [-0.1, -0.05) is 43.5 Å². The predicted octanol–water partition coefficient (Wildman–Crippen LogP) is 3.54. The summed E-state index contributed by atoms with van der Waals surface area (Å²) in [5.74, 6) is 0.794. The lowest BCUT2D eigenvalue weighted by Crippen LogP contribution is -2.41. The third-order valence-electron chi connectivity index (χ3n) is 4.31. The van der Waals surface area contributed by atoms with Crippen molar-refractivity contribution in [2.24, 2.45) is 5.92 Å². The van der Waals surface area contributed by atoms with E-state index in [1.54, 1.807) is 0 Å². The lowest BCUT2D eigenvalue weighted by Gasteiger charge is -2.29. The van der Waals surface area contributed by atoms with Crippen LogP contribution in [-0.2, 0) is 11.2 Å². The monoisotopic (exact) mass is 259 g/mol. The zero-order chi connectivity index (χ0) is 13.8. The zero-order valence-electron chi connectivity index (χ0n) is 12.3. The number of nitrogens with one attached hydrogen (secondary N) is 1. The van der Waals surface area contributed by atoms with Crippen molar-refractivity contribution in [1.29, 1.82) is 0 Å². The van der Waals surface area contributed by atoms with Gasteiger partial charge in [0.15, 0.2) is 0 Å². The summed E-state index contributed by atoms with van der Waals surface area (Å²) in [6.07, 6.45) is 5.45. The Hall–Kier alpha value is -1.31. The Morgan fingerprint density at radius 1 is 1.26 bits per heavy atom. The molecule has 0 spiro atoms. The van der Waals surface area contributed by atoms with Crippen LogP contribution in [0.25, 0.3) is 0 Å². The largest absolute Gasteiger partial charge is 0.353 e. The average molecular weight is 259 g/mol. The smallest absolute Gasteiger partial charge is 0.224 e. The molecule has 0 aromatic heterocycles. The van der Waals surface area contributed by atoms with Gasteiger partial charge in [-0.2, -0.15) is 0 Å². The molecule has 1 fully saturated rings. The molecule has 2 heteroatoms. The Morgan fingerprint density at radius 3 is 2.68 bits per heavy atom. The Kier molecular flexibility index (Phi) is 4.62. The van der Waals surface area contributed by atoms with Crippen LogP contribution in [0, 0.1) is 19.8 Å². The van der Waals surface area contributed by atoms with E-state index in [9.17, 15) is 4.79 Å². The van der Waals surface area contributed by atoms with Gasteiger partial charge in [0.25, 0.3) is 0 Å². The molecule has 0 saturated heterocycles. The summed E-state index contributed by atoms with van der Waals surface area (Å²) in [6, 6.07) is 6.69. The molecule has 1 amide bonds. The van der Waals surface area contributed by atoms with E-state index in [2.05, 4.69) is 44.3 Å². The first-order chi connectivity index (χ1) is 9.06. The first-order valence-electron chi connectivity index (χ1n) is 7.42. The predicted molar refractivity (Wildman–Crippen MR) is 79.2 cm³/mol. The topological polar surface area (TPSA) is 29.1 Å². The molecular formula is C17H25NO. The molecule has 2 rings (SSSR count). The van der Waals surface area contributed by atoms with Gasteiger partial charge in [-0.3, -0.25) is 4.79 Å². The molecule has 1 saturated carbocycles. The molecule has 1 aromatic rings. The van der Waals surface area contributed by atoms with E-state index >= 15 is 0 Å². The van der Waals surface area contributed by atoms with Crippen molar-refractivity contribution in [3.63, 3.8) is 0 Å². The number of hydrogen-bond donors (Lipinski definition) is 1. The Labute approximate surface area is 116 Å². The van der Waals surface area contributed by atoms with Crippen LogP contribution in [0.1, 0.15) is 49.3 Å². The van der Waals surface area contributed by atoms with Crippen LogP contribution in [0.15, 0.2) is 18.2 Å². The van der Waals surface area contributed by atoms with Crippen LogP contribution < -0.4 is 5.32 Å². The summed E-state index contributed by atoms with van der Waals surface area (Å²) in [5, 5.41) is 3.22. The van der Waals surface area contributed by atoms with Gasteiger partial charge >= 0.3 is 0 Å². The highest BCUT2D eigenvalue weighted by atomic mass is 16.1. The van der Waals surface area contributed by atoms with Gasteiger partial charge in [0.2, 0.25) is 5.91 Å². The maximum absolute atomic E-state index is 12.2. The maximum atomic E-state index is 12.2. The summed E-state index contributed by atoms with van der Waals surface area (Å²) in [6.45, 7) is 6.42. The summed E-state index contributed by atoms with van der Waals surface area (Å²) in [7, 11) is 0. The molecule has 104 valence electrons. The van der Waals surface area contributed by atoms with Crippen LogP contribution >= 0.6 is 0 Å². The third-order valence-corrected chi connectivity index (χ3v) is 4.31. The Bertz CT molecular complexity index is 453. The van der Waals surface area contributed by atoms with E-state index in [1.807, 2.05) is 0 Å². The second-order valence-electron chi connectivity index (χ2n) is 6.04. The number of carbonyl (C=O) groups is 1. The highest BCUT2D eigenvalue weighted by molar-refractivity contribution is 5.79. The quantitative estimate of drug-likeness (QED) is 0.884. The Balaban J connectivity index is 1.93. The summed E-state index contributed by atoms with van der Waals surface area (Å²) < 4.78 is 0. The molecule has 0 heterocycles. The van der Waals surface area contributed by atoms with Gasteiger partial charge in [-0.25, -0.2) is 0 Å². The fraction of sp³-hybridized carbons (Fsp3) is 0.588. The molecule has 2 nitrogen and oxygen atoms in total. The van der Waals surface area contributed by atoms with Crippen LogP contribution in [0.5, 0.6) is 0 Å². The molecule has 19 heavy (non-hydrogen) atoms. The van der Waals surface area contributed by atoms with Crippen LogP contribution in [0.3, 0.4) is 0 Å². The van der Waals surface area contributed by atoms with E-state index in [0.29, 0.717) is 18.4 Å². The molecule has 2 atom stereocenters. The van der Waals surface area contributed by atoms with Crippen molar-refractivity contribution in [2.75, 3.05) is 0 Å². The number of rotatable bonds is 3. The highest BCUT2D eigenvalue weighted by Gasteiger charge is 2.22. The Morgan fingerprint density at radius 2 is 2.00 bits per heavy atom. The van der Waals surface area contributed by atoms with Crippen molar-refractivity contribution in [3.05, 3.63) is 34.9 Å². The molecular weight excluding hydrogens is 234 g/mol. The first-order valence-corrected chi connectivity index (χ1v) is 7.42. The van der Waals surface area contributed by atoms with Crippen LogP contribution in [0.4, 0.5) is 0 Å². The lowest BCUT2D eigenvalue weighted by molar-refractivity contribution is -0.121. The molecule has 1 aliphatic rings. The minimum absolute atomic E-state index is 0.172. The molecule has 1 aliphatic carbocycles. The van der Waals surface area contributed by atoms with Crippen LogP contribution in [-0.4, -0.2) is 11.9 Å². The maximum Gasteiger partial charge on any atom is 0.224 e. The zero-order valence-corrected chi connectivity index (χ0v) is 12.3. The first kappa shape index (κ1) is 14.1. The van der Waals surface area contributed by atoms with Gasteiger partial charge in [0, 0.05) is 6.04 Å². The molecule has 0 bridgehead atoms. The minimum atomic E-state index is 0.172. The second-order valence-corrected chi connectivity index (χ2v) is 6.04. The van der Waals surface area contributed by atoms with E-state index in [0.717, 1.165) is 12.0 Å². The van der Waals surface area contributed by atoms with E-state index < -0.39 is 0 Å². The average Bonchev–Trinajstić information content (AvgIpc) is 2.36. The van der Waals surface area contributed by atoms with E-state index in [4.69, 9.17) is 0 Å². The van der Waals surface area contributed by atoms with Gasteiger partial charge in [0.05, 0.1) is 6.42 Å². The van der Waals surface area contributed by atoms with E-state index in [-0.39, 0.29) is 5.91 Å². The fourth-order valence-corrected chi connectivity index (χ4v) is 3.01. The van der Waals surface area contributed by atoms with Gasteiger partial charge < -0.3 is 5.32 Å². The molecule has 2 unspecified atom stereocenters. The second kappa shape index (κ2) is 6.23. The highest BCUT2D eigenvalue weighted by Crippen LogP contribution is 2.23. The number of benzene rings is 1. The molecule has 0 aliphatic heterocycles. The normalized spacial score (nSPS) is 23.1. The van der Waals surface area contributed by atoms with Gasteiger partial charge in [0.1, 0.15) is 0 Å². The summed E-state index contributed by atoms with van der Waals surface area (Å²) in [5.41, 5.74) is 3.61. The number of hydrogen-bond acceptors (Lipinski definition) is 1. The molecule has 1 aromatic carbocycles. The number of amides is 1. The molecule has 1 N–H and O–H groups in total. The lowest BCUT2D eigenvalue weighted by atomic mass is 9.86. The van der Waals surface area contributed by atoms with Crippen LogP contribution in [0.2, 0.25) is 0 Å². The van der Waals surface area contributed by atoms with Gasteiger partial charge in [-0.15, -0.1) is 0 Å². The van der Waals surface area contributed by atoms with Crippen molar-refractivity contribution in [2.45, 2.75) is 58.9 Å². The standard InChI is InChI=1S/C17H25NO/c1-12-8-9-15(14(3)10-12)11-17(19)18-16-7-5-4-6-13(16)2/h8-10,13,16H,4-7,11H2,1-3H3,(H,18,19). The van der Waals surface area contributed by atoms with Crippen molar-refractivity contribution < 1.29 is 4.79 Å². The van der Waals surface area contributed by atoms with Gasteiger partial charge in [-0.05, 0) is 43.7 Å². The number of carbonyl (C=O) groups excluding carboxylic acids is 1. The third kappa shape index (κ3) is 3.82. The van der Waals surface area contributed by atoms with Crippen molar-refractivity contribution in [1.82, 2.24) is 5.32 Å². The van der Waals surface area contributed by atoms with Crippen molar-refractivity contribution >= 4 is 5.91 Å². The minimum Gasteiger partial charge on any atom is -0.353 e. The van der Waals surface area contributed by atoms with E-state index in [1.165, 1.54) is 30.4 Å². The summed E-state index contributed by atoms with van der Waals surface area (Å²) >= 11 is 0. The van der Waals surface area contributed by atoms with Crippen molar-refractivity contribution in [3.8, 4) is 0 Å². The fourth-order valence-electron chi connectivity index (χ4n) is 3.01.